The lowest BCUT2D eigenvalue weighted by Crippen LogP contribution is -2.42. The molecule has 0 N–H and O–H groups in total. The predicted octanol–water partition coefficient (Wildman–Crippen LogP) is 2.07. The average Bonchev–Trinajstić information content (AvgIpc) is 3.36. The van der Waals surface area contributed by atoms with Gasteiger partial charge in [-0.05, 0) is 6.92 Å². The molecule has 0 aliphatic carbocycles. The normalized spacial score (nSPS) is 17.3. The van der Waals surface area contributed by atoms with Gasteiger partial charge in [0.05, 0.1) is 35.6 Å². The summed E-state index contributed by atoms with van der Waals surface area (Å²) in [6, 6.07) is 0. The van der Waals surface area contributed by atoms with E-state index >= 15 is 0 Å². The number of amides is 1. The second kappa shape index (κ2) is 7.49. The third kappa shape index (κ3) is 3.45. The van der Waals surface area contributed by atoms with Crippen LogP contribution in [0.2, 0.25) is 0 Å². The van der Waals surface area contributed by atoms with E-state index in [1.165, 1.54) is 17.7 Å². The van der Waals surface area contributed by atoms with Crippen molar-refractivity contribution in [1.29, 1.82) is 0 Å². The number of aryl methyl sites for hydroxylation is 2. The number of morpholine rings is 1. The predicted molar refractivity (Wildman–Crippen MR) is 96.1 cm³/mol. The molecule has 1 atom stereocenters. The summed E-state index contributed by atoms with van der Waals surface area (Å²) in [6.07, 6.45) is 3.35. The lowest BCUT2D eigenvalue weighted by Gasteiger charge is -2.32. The highest BCUT2D eigenvalue weighted by atomic mass is 32.1. The number of nitrogens with zero attached hydrogens (tertiary/aromatic N) is 6. The van der Waals surface area contributed by atoms with Gasteiger partial charge in [0, 0.05) is 19.2 Å². The molecule has 4 rings (SSSR count). The number of aromatic nitrogens is 5. The summed E-state index contributed by atoms with van der Waals surface area (Å²) in [5.74, 6) is 0.932. The molecule has 1 fully saturated rings. The van der Waals surface area contributed by atoms with Crippen LogP contribution in [-0.2, 0) is 11.2 Å². The Bertz CT molecular complexity index is 956. The van der Waals surface area contributed by atoms with E-state index < -0.39 is 6.10 Å². The summed E-state index contributed by atoms with van der Waals surface area (Å²) in [6.45, 7) is 5.11. The third-order valence-electron chi connectivity index (χ3n) is 4.35. The highest BCUT2D eigenvalue weighted by Crippen LogP contribution is 2.29. The van der Waals surface area contributed by atoms with Crippen molar-refractivity contribution in [1.82, 2.24) is 30.0 Å². The second-order valence-corrected chi connectivity index (χ2v) is 6.92. The average molecular weight is 386 g/mol. The maximum atomic E-state index is 12.8. The van der Waals surface area contributed by atoms with E-state index in [0.29, 0.717) is 54.0 Å². The topological polar surface area (TPSA) is 107 Å². The summed E-state index contributed by atoms with van der Waals surface area (Å²) in [4.78, 5) is 32.2. The first-order chi connectivity index (χ1) is 13.2. The first kappa shape index (κ1) is 17.7. The van der Waals surface area contributed by atoms with E-state index in [0.717, 1.165) is 5.69 Å². The van der Waals surface area contributed by atoms with E-state index in [2.05, 4.69) is 25.1 Å². The van der Waals surface area contributed by atoms with Crippen molar-refractivity contribution < 1.29 is 14.1 Å². The number of carbonyl (C=O) groups excluding carboxylic acids is 1. The van der Waals surface area contributed by atoms with Gasteiger partial charge in [0.2, 0.25) is 11.7 Å². The lowest BCUT2D eigenvalue weighted by atomic mass is 10.1. The maximum absolute atomic E-state index is 12.8. The van der Waals surface area contributed by atoms with Crippen molar-refractivity contribution in [3.8, 4) is 11.4 Å². The van der Waals surface area contributed by atoms with Crippen LogP contribution in [0.3, 0.4) is 0 Å². The molecule has 0 bridgehead atoms. The number of thiazole rings is 1. The zero-order valence-corrected chi connectivity index (χ0v) is 15.8. The standard InChI is InChI=1S/C17H18N6O3S/c1-3-13-21-16(22-26-13)11-6-18-8-19-14(11)12-7-23(4-5-25-12)17(24)15-10(2)20-9-27-15/h6,8-9,12H,3-5,7H2,1-2H3/t12-/m0/s1. The Labute approximate surface area is 159 Å². The Morgan fingerprint density at radius 2 is 2.30 bits per heavy atom. The third-order valence-corrected chi connectivity index (χ3v) is 5.27. The number of rotatable bonds is 4. The lowest BCUT2D eigenvalue weighted by molar-refractivity contribution is -0.0244. The molecule has 0 aromatic carbocycles. The zero-order valence-electron chi connectivity index (χ0n) is 15.0. The number of ether oxygens (including phenoxy) is 1. The molecule has 3 aromatic rings. The van der Waals surface area contributed by atoms with E-state index in [-0.39, 0.29) is 5.91 Å². The molecule has 0 saturated carbocycles. The van der Waals surface area contributed by atoms with Crippen LogP contribution in [0.4, 0.5) is 0 Å². The molecule has 10 heteroatoms. The maximum Gasteiger partial charge on any atom is 0.266 e. The SMILES string of the molecule is CCc1nc(-c2cncnc2[C@@H]2CN(C(=O)c3scnc3C)CCO2)no1. The summed E-state index contributed by atoms with van der Waals surface area (Å²) in [7, 11) is 0. The van der Waals surface area contributed by atoms with Gasteiger partial charge in [0.1, 0.15) is 17.3 Å². The highest BCUT2D eigenvalue weighted by Gasteiger charge is 2.31. The minimum absolute atomic E-state index is 0.0354. The summed E-state index contributed by atoms with van der Waals surface area (Å²) < 4.78 is 11.1. The summed E-state index contributed by atoms with van der Waals surface area (Å²) >= 11 is 1.35. The summed E-state index contributed by atoms with van der Waals surface area (Å²) in [5, 5.41) is 4.01. The molecule has 0 radical (unpaired) electrons. The van der Waals surface area contributed by atoms with Gasteiger partial charge in [0.15, 0.2) is 0 Å². The number of hydrogen-bond acceptors (Lipinski definition) is 9. The van der Waals surface area contributed by atoms with E-state index in [9.17, 15) is 4.79 Å². The van der Waals surface area contributed by atoms with Crippen molar-refractivity contribution in [3.05, 3.63) is 40.2 Å². The fraction of sp³-hybridized carbons (Fsp3) is 0.412. The van der Waals surface area contributed by atoms with Crippen molar-refractivity contribution in [2.75, 3.05) is 19.7 Å². The van der Waals surface area contributed by atoms with Gasteiger partial charge in [-0.2, -0.15) is 4.98 Å². The molecule has 1 aliphatic rings. The van der Waals surface area contributed by atoms with Gasteiger partial charge in [0.25, 0.3) is 5.91 Å². The minimum atomic E-state index is -0.391. The number of carbonyl (C=O) groups is 1. The van der Waals surface area contributed by atoms with Crippen LogP contribution in [0.1, 0.15) is 40.0 Å². The molecule has 1 aliphatic heterocycles. The van der Waals surface area contributed by atoms with Gasteiger partial charge >= 0.3 is 0 Å². The zero-order chi connectivity index (χ0) is 18.8. The van der Waals surface area contributed by atoms with Gasteiger partial charge in [-0.15, -0.1) is 11.3 Å². The molecule has 27 heavy (non-hydrogen) atoms. The molecule has 4 heterocycles. The van der Waals surface area contributed by atoms with Crippen LogP contribution < -0.4 is 0 Å². The molecule has 140 valence electrons. The van der Waals surface area contributed by atoms with Crippen molar-refractivity contribution in [2.45, 2.75) is 26.4 Å². The molecular weight excluding hydrogens is 368 g/mol. The van der Waals surface area contributed by atoms with E-state index in [1.54, 1.807) is 16.6 Å². The Kier molecular flexibility index (Phi) is 4.90. The van der Waals surface area contributed by atoms with Crippen LogP contribution in [0.15, 0.2) is 22.6 Å². The Morgan fingerprint density at radius 3 is 3.04 bits per heavy atom. The highest BCUT2D eigenvalue weighted by molar-refractivity contribution is 7.11. The van der Waals surface area contributed by atoms with Crippen LogP contribution in [0, 0.1) is 6.92 Å². The van der Waals surface area contributed by atoms with Crippen LogP contribution in [0.5, 0.6) is 0 Å². The first-order valence-corrected chi connectivity index (χ1v) is 9.49. The minimum Gasteiger partial charge on any atom is -0.368 e. The van der Waals surface area contributed by atoms with Gasteiger partial charge in [-0.3, -0.25) is 4.79 Å². The molecular formula is C17H18N6O3S. The molecule has 1 saturated heterocycles. The van der Waals surface area contributed by atoms with Gasteiger partial charge in [-0.1, -0.05) is 12.1 Å². The van der Waals surface area contributed by atoms with E-state index in [1.807, 2.05) is 13.8 Å². The van der Waals surface area contributed by atoms with Crippen molar-refractivity contribution in [3.63, 3.8) is 0 Å². The van der Waals surface area contributed by atoms with Crippen LogP contribution >= 0.6 is 11.3 Å². The summed E-state index contributed by atoms with van der Waals surface area (Å²) in [5.41, 5.74) is 3.72. The molecule has 0 spiro atoms. The fourth-order valence-corrected chi connectivity index (χ4v) is 3.70. The monoisotopic (exact) mass is 386 g/mol. The Morgan fingerprint density at radius 1 is 1.41 bits per heavy atom. The number of hydrogen-bond donors (Lipinski definition) is 0. The van der Waals surface area contributed by atoms with Crippen LogP contribution in [0.25, 0.3) is 11.4 Å². The molecule has 9 nitrogen and oxygen atoms in total. The van der Waals surface area contributed by atoms with E-state index in [4.69, 9.17) is 9.26 Å². The largest absolute Gasteiger partial charge is 0.368 e. The Hall–Kier alpha value is -2.72. The van der Waals surface area contributed by atoms with Gasteiger partial charge < -0.3 is 14.2 Å². The molecule has 3 aromatic heterocycles. The first-order valence-electron chi connectivity index (χ1n) is 8.61. The van der Waals surface area contributed by atoms with Gasteiger partial charge in [-0.25, -0.2) is 15.0 Å². The van der Waals surface area contributed by atoms with Crippen LogP contribution in [-0.4, -0.2) is 55.6 Å². The second-order valence-electron chi connectivity index (χ2n) is 6.06. The van der Waals surface area contributed by atoms with Crippen molar-refractivity contribution in [2.24, 2.45) is 0 Å². The quantitative estimate of drug-likeness (QED) is 0.671. The molecule has 1 amide bonds. The molecule has 0 unspecified atom stereocenters. The fourth-order valence-electron chi connectivity index (χ4n) is 2.93. The smallest absolute Gasteiger partial charge is 0.266 e. The van der Waals surface area contributed by atoms with Crippen molar-refractivity contribution >= 4 is 17.2 Å². The Balaban J connectivity index is 1.60.